The van der Waals surface area contributed by atoms with E-state index in [2.05, 4.69) is 15.1 Å². The van der Waals surface area contributed by atoms with Crippen molar-refractivity contribution in [2.75, 3.05) is 0 Å². The zero-order valence-corrected chi connectivity index (χ0v) is 14.0. The molecule has 3 rings (SSSR count). The monoisotopic (exact) mass is 358 g/mol. The van der Waals surface area contributed by atoms with Crippen LogP contribution in [-0.4, -0.2) is 31.1 Å². The summed E-state index contributed by atoms with van der Waals surface area (Å²) in [6.07, 6.45) is 4.29. The van der Waals surface area contributed by atoms with Crippen LogP contribution in [-0.2, 0) is 6.56 Å². The number of aromatic hydroxyl groups is 1. The number of carbonyl (C=O) groups excluding carboxylic acids is 1. The SMILES string of the molecule is [2H]C([2H])(Oc1ccc(F)c(O)c1C=O)c1cncnc1-c1ccnn1C(C)C. The lowest BCUT2D eigenvalue weighted by Crippen LogP contribution is -2.08. The minimum atomic E-state index is -2.50. The lowest BCUT2D eigenvalue weighted by Gasteiger charge is -2.14. The molecule has 0 unspecified atom stereocenters. The number of hydrogen-bond donors (Lipinski definition) is 1. The van der Waals surface area contributed by atoms with Gasteiger partial charge >= 0.3 is 0 Å². The quantitative estimate of drug-likeness (QED) is 0.681. The van der Waals surface area contributed by atoms with Crippen molar-refractivity contribution in [2.24, 2.45) is 0 Å². The highest BCUT2D eigenvalue weighted by Gasteiger charge is 2.17. The molecule has 3 aromatic rings. The molecule has 0 atom stereocenters. The normalized spacial score (nSPS) is 12.6. The fourth-order valence-corrected chi connectivity index (χ4v) is 2.40. The van der Waals surface area contributed by atoms with Crippen molar-refractivity contribution >= 4 is 6.29 Å². The number of carbonyl (C=O) groups is 1. The number of halogens is 1. The first-order chi connectivity index (χ1) is 13.3. The summed E-state index contributed by atoms with van der Waals surface area (Å²) in [6, 6.07) is 3.63. The van der Waals surface area contributed by atoms with Crippen LogP contribution in [0, 0.1) is 5.82 Å². The molecule has 26 heavy (non-hydrogen) atoms. The molecule has 0 aliphatic rings. The summed E-state index contributed by atoms with van der Waals surface area (Å²) >= 11 is 0. The predicted molar refractivity (Wildman–Crippen MR) is 91.4 cm³/mol. The van der Waals surface area contributed by atoms with E-state index in [1.54, 1.807) is 16.9 Å². The molecule has 0 fully saturated rings. The summed E-state index contributed by atoms with van der Waals surface area (Å²) in [6.45, 7) is 1.34. The van der Waals surface area contributed by atoms with Gasteiger partial charge in [-0.1, -0.05) is 0 Å². The fraction of sp³-hybridized carbons (Fsp3) is 0.222. The van der Waals surface area contributed by atoms with Crippen molar-refractivity contribution in [2.45, 2.75) is 26.4 Å². The van der Waals surface area contributed by atoms with Gasteiger partial charge in [-0.2, -0.15) is 5.10 Å². The van der Waals surface area contributed by atoms with Crippen molar-refractivity contribution in [1.82, 2.24) is 19.7 Å². The van der Waals surface area contributed by atoms with Crippen LogP contribution in [0.1, 0.15) is 38.6 Å². The van der Waals surface area contributed by atoms with Gasteiger partial charge in [0, 0.05) is 24.0 Å². The Morgan fingerprint density at radius 3 is 2.96 bits per heavy atom. The van der Waals surface area contributed by atoms with Crippen LogP contribution in [0.3, 0.4) is 0 Å². The zero-order valence-electron chi connectivity index (χ0n) is 16.0. The van der Waals surface area contributed by atoms with E-state index in [1.807, 2.05) is 13.8 Å². The van der Waals surface area contributed by atoms with Crippen molar-refractivity contribution in [3.63, 3.8) is 0 Å². The van der Waals surface area contributed by atoms with Gasteiger partial charge in [0.1, 0.15) is 24.2 Å². The number of aldehydes is 1. The Morgan fingerprint density at radius 2 is 2.23 bits per heavy atom. The molecule has 0 spiro atoms. The summed E-state index contributed by atoms with van der Waals surface area (Å²) in [5.41, 5.74) is 0.301. The van der Waals surface area contributed by atoms with E-state index in [-0.39, 0.29) is 29.3 Å². The first kappa shape index (κ1) is 15.0. The second-order valence-electron chi connectivity index (χ2n) is 5.67. The van der Waals surface area contributed by atoms with E-state index in [9.17, 15) is 14.3 Å². The Bertz CT molecular complexity index is 1020. The lowest BCUT2D eigenvalue weighted by atomic mass is 10.1. The molecule has 0 aliphatic heterocycles. The second kappa shape index (κ2) is 7.30. The predicted octanol–water partition coefficient (Wildman–Crippen LogP) is 3.16. The lowest BCUT2D eigenvalue weighted by molar-refractivity contribution is 0.111. The van der Waals surface area contributed by atoms with E-state index < -0.39 is 23.7 Å². The van der Waals surface area contributed by atoms with Crippen molar-refractivity contribution in [1.29, 1.82) is 0 Å². The standard InChI is InChI=1S/C18H17FN4O3/c1-11(2)23-15(5-6-22-23)17-12(7-20-10-21-17)9-26-16-4-3-14(19)18(25)13(16)8-24/h3-8,10-11,25H,9H2,1-2H3/i9D2. The number of hydrogen-bond acceptors (Lipinski definition) is 6. The van der Waals surface area contributed by atoms with Crippen molar-refractivity contribution < 1.29 is 21.8 Å². The highest BCUT2D eigenvalue weighted by atomic mass is 19.1. The highest BCUT2D eigenvalue weighted by Crippen LogP contribution is 2.30. The molecule has 0 radical (unpaired) electrons. The molecule has 0 bridgehead atoms. The molecule has 0 saturated carbocycles. The molecule has 1 aromatic carbocycles. The maximum Gasteiger partial charge on any atom is 0.165 e. The van der Waals surface area contributed by atoms with E-state index in [0.29, 0.717) is 5.69 Å². The molecule has 2 aromatic heterocycles. The van der Waals surface area contributed by atoms with Gasteiger partial charge in [-0.3, -0.25) is 9.48 Å². The van der Waals surface area contributed by atoms with Gasteiger partial charge in [-0.25, -0.2) is 14.4 Å². The first-order valence-electron chi connectivity index (χ1n) is 8.76. The van der Waals surface area contributed by atoms with Gasteiger partial charge in [0.15, 0.2) is 17.9 Å². The number of rotatable bonds is 6. The van der Waals surface area contributed by atoms with Crippen LogP contribution in [0.5, 0.6) is 11.5 Å². The Morgan fingerprint density at radius 1 is 1.42 bits per heavy atom. The smallest absolute Gasteiger partial charge is 0.165 e. The molecule has 2 heterocycles. The van der Waals surface area contributed by atoms with Crippen LogP contribution in [0.2, 0.25) is 0 Å². The van der Waals surface area contributed by atoms with Gasteiger partial charge in [0.05, 0.1) is 14.1 Å². The number of nitrogens with zero attached hydrogens (tertiary/aromatic N) is 4. The van der Waals surface area contributed by atoms with Gasteiger partial charge < -0.3 is 9.84 Å². The largest absolute Gasteiger partial charge is 0.504 e. The minimum absolute atomic E-state index is 0.00434. The van der Waals surface area contributed by atoms with E-state index >= 15 is 0 Å². The third-order valence-electron chi connectivity index (χ3n) is 3.63. The summed E-state index contributed by atoms with van der Waals surface area (Å²) < 4.78 is 37.2. The summed E-state index contributed by atoms with van der Waals surface area (Å²) in [5, 5.41) is 13.9. The fourth-order valence-electron chi connectivity index (χ4n) is 2.40. The number of benzene rings is 1. The Labute approximate surface area is 151 Å². The molecule has 134 valence electrons. The topological polar surface area (TPSA) is 90.1 Å². The molecule has 0 saturated heterocycles. The van der Waals surface area contributed by atoms with Gasteiger partial charge in [-0.05, 0) is 32.0 Å². The van der Waals surface area contributed by atoms with E-state index in [4.69, 9.17) is 7.48 Å². The zero-order chi connectivity index (χ0) is 20.5. The molecule has 1 N–H and O–H groups in total. The van der Waals surface area contributed by atoms with E-state index in [1.165, 1.54) is 12.5 Å². The third kappa shape index (κ3) is 3.26. The number of aromatic nitrogens is 4. The molecular formula is C18H17FN4O3. The minimum Gasteiger partial charge on any atom is -0.504 e. The molecule has 7 nitrogen and oxygen atoms in total. The van der Waals surface area contributed by atoms with Gasteiger partial charge in [-0.15, -0.1) is 0 Å². The first-order valence-corrected chi connectivity index (χ1v) is 7.76. The maximum atomic E-state index is 13.5. The van der Waals surface area contributed by atoms with Crippen LogP contribution in [0.15, 0.2) is 36.9 Å². The van der Waals surface area contributed by atoms with Gasteiger partial charge in [0.25, 0.3) is 0 Å². The highest BCUT2D eigenvalue weighted by molar-refractivity contribution is 5.83. The molecule has 0 aliphatic carbocycles. The second-order valence-corrected chi connectivity index (χ2v) is 5.67. The summed E-state index contributed by atoms with van der Waals surface area (Å²) in [5.74, 6) is -2.24. The summed E-state index contributed by atoms with van der Waals surface area (Å²) in [7, 11) is 0. The van der Waals surface area contributed by atoms with E-state index in [0.717, 1.165) is 12.1 Å². The summed E-state index contributed by atoms with van der Waals surface area (Å²) in [4.78, 5) is 19.3. The van der Waals surface area contributed by atoms with Crippen LogP contribution >= 0.6 is 0 Å². The maximum absolute atomic E-state index is 13.5. The molecule has 0 amide bonds. The molecule has 8 heteroatoms. The number of phenols is 1. The van der Waals surface area contributed by atoms with Crippen molar-refractivity contribution in [3.8, 4) is 22.9 Å². The van der Waals surface area contributed by atoms with Crippen molar-refractivity contribution in [3.05, 3.63) is 53.9 Å². The average molecular weight is 358 g/mol. The molecular weight excluding hydrogens is 339 g/mol. The van der Waals surface area contributed by atoms with Crippen LogP contribution in [0.25, 0.3) is 11.4 Å². The Hall–Kier alpha value is -3.29. The Kier molecular flexibility index (Phi) is 4.21. The van der Waals surface area contributed by atoms with Crippen LogP contribution in [0.4, 0.5) is 4.39 Å². The van der Waals surface area contributed by atoms with Crippen LogP contribution < -0.4 is 4.74 Å². The Balaban J connectivity index is 2.08. The van der Waals surface area contributed by atoms with Gasteiger partial charge in [0.2, 0.25) is 0 Å². The third-order valence-corrected chi connectivity index (χ3v) is 3.63. The number of ether oxygens (including phenoxy) is 1. The average Bonchev–Trinajstić information content (AvgIpc) is 3.15. The number of phenolic OH excluding ortho intramolecular Hbond substituents is 1.